The lowest BCUT2D eigenvalue weighted by molar-refractivity contribution is -0.119. The maximum atomic E-state index is 11.3. The summed E-state index contributed by atoms with van der Waals surface area (Å²) in [5, 5.41) is 1.23. The van der Waals surface area contributed by atoms with Crippen molar-refractivity contribution < 1.29 is 14.4 Å². The molecule has 1 heterocycles. The first-order chi connectivity index (χ1) is 6.81. The van der Waals surface area contributed by atoms with Gasteiger partial charge in [0.2, 0.25) is 0 Å². The van der Waals surface area contributed by atoms with Crippen molar-refractivity contribution in [2.24, 2.45) is 0 Å². The number of anilines is 1. The molecule has 4 nitrogen and oxygen atoms in total. The standard InChI is InChI=1S/C10H9NO3/c12-7-8-2-1-3-9(6-8)11-10(13)4-5-14-11/h1-3,6-7H,4-5H2. The SMILES string of the molecule is O=Cc1cccc(N2OCCC2=O)c1. The van der Waals surface area contributed by atoms with E-state index in [0.717, 1.165) is 6.29 Å². The minimum Gasteiger partial charge on any atom is -0.298 e. The summed E-state index contributed by atoms with van der Waals surface area (Å²) < 4.78 is 0. The maximum absolute atomic E-state index is 11.3. The molecule has 0 spiro atoms. The molecular weight excluding hydrogens is 182 g/mol. The van der Waals surface area contributed by atoms with Crippen LogP contribution < -0.4 is 5.06 Å². The van der Waals surface area contributed by atoms with Gasteiger partial charge in [-0.3, -0.25) is 14.4 Å². The minimum atomic E-state index is -0.0759. The molecule has 1 aromatic carbocycles. The van der Waals surface area contributed by atoms with Crippen LogP contribution in [-0.2, 0) is 9.63 Å². The van der Waals surface area contributed by atoms with Gasteiger partial charge in [-0.25, -0.2) is 0 Å². The lowest BCUT2D eigenvalue weighted by Crippen LogP contribution is -2.22. The van der Waals surface area contributed by atoms with Crippen LogP contribution in [-0.4, -0.2) is 18.8 Å². The van der Waals surface area contributed by atoms with Gasteiger partial charge in [0.1, 0.15) is 6.29 Å². The van der Waals surface area contributed by atoms with Crippen molar-refractivity contribution >= 4 is 17.9 Å². The number of aldehydes is 1. The Morgan fingerprint density at radius 3 is 2.93 bits per heavy atom. The zero-order valence-electron chi connectivity index (χ0n) is 7.47. The van der Waals surface area contributed by atoms with E-state index in [1.54, 1.807) is 24.3 Å². The minimum absolute atomic E-state index is 0.0759. The number of benzene rings is 1. The van der Waals surface area contributed by atoms with E-state index in [-0.39, 0.29) is 5.91 Å². The van der Waals surface area contributed by atoms with Gasteiger partial charge in [-0.2, -0.15) is 5.06 Å². The fourth-order valence-electron chi connectivity index (χ4n) is 1.34. The van der Waals surface area contributed by atoms with Crippen LogP contribution in [0, 0.1) is 0 Å². The van der Waals surface area contributed by atoms with Crippen LogP contribution >= 0.6 is 0 Å². The van der Waals surface area contributed by atoms with E-state index in [1.807, 2.05) is 0 Å². The van der Waals surface area contributed by atoms with Crippen molar-refractivity contribution in [2.75, 3.05) is 11.7 Å². The molecule has 0 atom stereocenters. The third kappa shape index (κ3) is 1.52. The van der Waals surface area contributed by atoms with E-state index in [9.17, 15) is 9.59 Å². The van der Waals surface area contributed by atoms with E-state index in [4.69, 9.17) is 4.84 Å². The first-order valence-electron chi connectivity index (χ1n) is 4.32. The molecule has 1 amide bonds. The first kappa shape index (κ1) is 8.90. The second-order valence-electron chi connectivity index (χ2n) is 2.98. The Hall–Kier alpha value is -1.68. The van der Waals surface area contributed by atoms with Gasteiger partial charge in [-0.1, -0.05) is 12.1 Å². The van der Waals surface area contributed by atoms with Crippen molar-refractivity contribution in [1.29, 1.82) is 0 Å². The molecule has 4 heteroatoms. The highest BCUT2D eigenvalue weighted by Crippen LogP contribution is 2.20. The topological polar surface area (TPSA) is 46.6 Å². The molecule has 1 aromatic rings. The fourth-order valence-corrected chi connectivity index (χ4v) is 1.34. The maximum Gasteiger partial charge on any atom is 0.253 e. The predicted molar refractivity (Wildman–Crippen MR) is 49.9 cm³/mol. The third-order valence-corrected chi connectivity index (χ3v) is 2.00. The van der Waals surface area contributed by atoms with Crippen molar-refractivity contribution in [3.63, 3.8) is 0 Å². The van der Waals surface area contributed by atoms with E-state index in [1.165, 1.54) is 5.06 Å². The second-order valence-corrected chi connectivity index (χ2v) is 2.98. The van der Waals surface area contributed by atoms with Crippen LogP contribution in [0.5, 0.6) is 0 Å². The molecule has 0 unspecified atom stereocenters. The zero-order valence-corrected chi connectivity index (χ0v) is 7.47. The second kappa shape index (κ2) is 3.59. The summed E-state index contributed by atoms with van der Waals surface area (Å²) in [5.74, 6) is -0.0759. The van der Waals surface area contributed by atoms with Gasteiger partial charge in [-0.05, 0) is 12.1 Å². The number of nitrogens with zero attached hydrogens (tertiary/aromatic N) is 1. The lowest BCUT2D eigenvalue weighted by Gasteiger charge is -2.13. The highest BCUT2D eigenvalue weighted by Gasteiger charge is 2.23. The molecule has 0 radical (unpaired) electrons. The summed E-state index contributed by atoms with van der Waals surface area (Å²) in [5.41, 5.74) is 1.14. The van der Waals surface area contributed by atoms with Crippen molar-refractivity contribution in [2.45, 2.75) is 6.42 Å². The summed E-state index contributed by atoms with van der Waals surface area (Å²) in [6, 6.07) is 6.75. The average Bonchev–Trinajstić information content (AvgIpc) is 2.65. The number of rotatable bonds is 2. The van der Waals surface area contributed by atoms with Gasteiger partial charge in [0.15, 0.2) is 0 Å². The van der Waals surface area contributed by atoms with Crippen LogP contribution in [0.25, 0.3) is 0 Å². The van der Waals surface area contributed by atoms with Crippen LogP contribution in [0.15, 0.2) is 24.3 Å². The number of carbonyl (C=O) groups is 2. The van der Waals surface area contributed by atoms with Crippen LogP contribution in [0.4, 0.5) is 5.69 Å². The van der Waals surface area contributed by atoms with Crippen LogP contribution in [0.2, 0.25) is 0 Å². The number of hydrogen-bond donors (Lipinski definition) is 0. The summed E-state index contributed by atoms with van der Waals surface area (Å²) in [6.45, 7) is 0.407. The molecule has 1 aliphatic rings. The van der Waals surface area contributed by atoms with Crippen molar-refractivity contribution in [1.82, 2.24) is 0 Å². The Morgan fingerprint density at radius 1 is 1.43 bits per heavy atom. The quantitative estimate of drug-likeness (QED) is 0.659. The molecular formula is C10H9NO3. The number of amides is 1. The molecule has 1 fully saturated rings. The van der Waals surface area contributed by atoms with E-state index >= 15 is 0 Å². The molecule has 0 saturated carbocycles. The lowest BCUT2D eigenvalue weighted by atomic mass is 10.2. The van der Waals surface area contributed by atoms with E-state index < -0.39 is 0 Å². The van der Waals surface area contributed by atoms with Gasteiger partial charge in [0, 0.05) is 5.56 Å². The highest BCUT2D eigenvalue weighted by atomic mass is 16.7. The van der Waals surface area contributed by atoms with Crippen LogP contribution in [0.1, 0.15) is 16.8 Å². The Balaban J connectivity index is 2.31. The monoisotopic (exact) mass is 191 g/mol. The number of hydroxylamine groups is 1. The molecule has 1 aliphatic heterocycles. The molecule has 0 aromatic heterocycles. The average molecular weight is 191 g/mol. The van der Waals surface area contributed by atoms with Crippen molar-refractivity contribution in [3.8, 4) is 0 Å². The van der Waals surface area contributed by atoms with E-state index in [0.29, 0.717) is 24.3 Å². The Morgan fingerprint density at radius 2 is 2.29 bits per heavy atom. The number of hydrogen-bond acceptors (Lipinski definition) is 3. The molecule has 1 saturated heterocycles. The van der Waals surface area contributed by atoms with Gasteiger partial charge in [0.25, 0.3) is 5.91 Å². The largest absolute Gasteiger partial charge is 0.298 e. The Bertz CT molecular complexity index is 375. The summed E-state index contributed by atoms with van der Waals surface area (Å²) >= 11 is 0. The van der Waals surface area contributed by atoms with E-state index in [2.05, 4.69) is 0 Å². The summed E-state index contributed by atoms with van der Waals surface area (Å²) in [6.07, 6.45) is 1.13. The van der Waals surface area contributed by atoms with Crippen molar-refractivity contribution in [3.05, 3.63) is 29.8 Å². The summed E-state index contributed by atoms with van der Waals surface area (Å²) in [7, 11) is 0. The molecule has 0 bridgehead atoms. The Kier molecular flexibility index (Phi) is 2.28. The van der Waals surface area contributed by atoms with Gasteiger partial charge >= 0.3 is 0 Å². The fraction of sp³-hybridized carbons (Fsp3) is 0.200. The normalized spacial score (nSPS) is 16.0. The molecule has 0 N–H and O–H groups in total. The van der Waals surface area contributed by atoms with Crippen LogP contribution in [0.3, 0.4) is 0 Å². The molecule has 72 valence electrons. The first-order valence-corrected chi connectivity index (χ1v) is 4.32. The third-order valence-electron chi connectivity index (χ3n) is 2.00. The van der Waals surface area contributed by atoms with Gasteiger partial charge in [0.05, 0.1) is 18.7 Å². The smallest absolute Gasteiger partial charge is 0.253 e. The predicted octanol–water partition coefficient (Wildman–Crippen LogP) is 1.17. The highest BCUT2D eigenvalue weighted by molar-refractivity contribution is 5.93. The molecule has 14 heavy (non-hydrogen) atoms. The summed E-state index contributed by atoms with van der Waals surface area (Å²) in [4.78, 5) is 26.9. The van der Waals surface area contributed by atoms with Gasteiger partial charge in [-0.15, -0.1) is 0 Å². The Labute approximate surface area is 81.0 Å². The van der Waals surface area contributed by atoms with Gasteiger partial charge < -0.3 is 0 Å². The molecule has 2 rings (SSSR count). The number of carbonyl (C=O) groups excluding carboxylic acids is 2. The molecule has 0 aliphatic carbocycles. The zero-order chi connectivity index (χ0) is 9.97.